The van der Waals surface area contributed by atoms with E-state index in [0.29, 0.717) is 24.8 Å². The Morgan fingerprint density at radius 3 is 2.75 bits per heavy atom. The molecule has 0 spiro atoms. The average Bonchev–Trinajstić information content (AvgIpc) is 3.00. The molecule has 2 fully saturated rings. The SMILES string of the molecule is CC(C)(C)OC(=O)N1CCC[C@@H]1Cn1cc(C(=O)NC2CC2)nn1. The third kappa shape index (κ3) is 4.24. The molecule has 132 valence electrons. The van der Waals surface area contributed by atoms with Gasteiger partial charge in [0, 0.05) is 12.6 Å². The van der Waals surface area contributed by atoms with E-state index in [1.165, 1.54) is 0 Å². The van der Waals surface area contributed by atoms with Crippen LogP contribution in [0.4, 0.5) is 4.79 Å². The third-order valence-electron chi connectivity index (χ3n) is 4.09. The summed E-state index contributed by atoms with van der Waals surface area (Å²) < 4.78 is 7.10. The predicted octanol–water partition coefficient (Wildman–Crippen LogP) is 1.57. The highest BCUT2D eigenvalue weighted by Gasteiger charge is 2.33. The molecule has 0 radical (unpaired) electrons. The summed E-state index contributed by atoms with van der Waals surface area (Å²) in [4.78, 5) is 26.0. The Bertz CT molecular complexity index is 617. The number of hydrogen-bond acceptors (Lipinski definition) is 5. The second kappa shape index (κ2) is 6.41. The van der Waals surface area contributed by atoms with Crippen molar-refractivity contribution in [1.82, 2.24) is 25.2 Å². The maximum absolute atomic E-state index is 12.3. The van der Waals surface area contributed by atoms with Crippen LogP contribution in [-0.2, 0) is 11.3 Å². The lowest BCUT2D eigenvalue weighted by Gasteiger charge is -2.28. The molecule has 1 N–H and O–H groups in total. The van der Waals surface area contributed by atoms with Crippen molar-refractivity contribution in [3.8, 4) is 0 Å². The summed E-state index contributed by atoms with van der Waals surface area (Å²) in [6.07, 6.45) is 5.25. The fraction of sp³-hybridized carbons (Fsp3) is 0.750. The van der Waals surface area contributed by atoms with Gasteiger partial charge < -0.3 is 15.0 Å². The maximum Gasteiger partial charge on any atom is 0.410 e. The summed E-state index contributed by atoms with van der Waals surface area (Å²) in [5.41, 5.74) is -0.186. The number of hydrogen-bond donors (Lipinski definition) is 1. The van der Waals surface area contributed by atoms with Crippen LogP contribution in [0.2, 0.25) is 0 Å². The first-order valence-electron chi connectivity index (χ1n) is 8.52. The zero-order valence-electron chi connectivity index (χ0n) is 14.5. The van der Waals surface area contributed by atoms with Crippen LogP contribution >= 0.6 is 0 Å². The first-order valence-corrected chi connectivity index (χ1v) is 8.52. The van der Waals surface area contributed by atoms with Crippen LogP contribution in [-0.4, -0.2) is 56.1 Å². The lowest BCUT2D eigenvalue weighted by Crippen LogP contribution is -2.41. The van der Waals surface area contributed by atoms with Crippen molar-refractivity contribution >= 4 is 12.0 Å². The Morgan fingerprint density at radius 2 is 2.08 bits per heavy atom. The van der Waals surface area contributed by atoms with Crippen molar-refractivity contribution in [2.75, 3.05) is 6.54 Å². The maximum atomic E-state index is 12.3. The van der Waals surface area contributed by atoms with E-state index in [2.05, 4.69) is 15.6 Å². The van der Waals surface area contributed by atoms with Crippen LogP contribution in [0.1, 0.15) is 56.9 Å². The Kier molecular flexibility index (Phi) is 4.47. The van der Waals surface area contributed by atoms with Gasteiger partial charge in [-0.3, -0.25) is 4.79 Å². The Hall–Kier alpha value is -2.12. The van der Waals surface area contributed by atoms with Crippen LogP contribution in [0, 0.1) is 0 Å². The van der Waals surface area contributed by atoms with Gasteiger partial charge in [0.1, 0.15) is 5.60 Å². The third-order valence-corrected chi connectivity index (χ3v) is 4.09. The summed E-state index contributed by atoms with van der Waals surface area (Å²) in [5.74, 6) is -0.181. The zero-order valence-corrected chi connectivity index (χ0v) is 14.5. The molecule has 1 atom stereocenters. The zero-order chi connectivity index (χ0) is 17.3. The molecular formula is C16H25N5O3. The van der Waals surface area contributed by atoms with E-state index < -0.39 is 5.60 Å². The Labute approximate surface area is 141 Å². The van der Waals surface area contributed by atoms with Crippen molar-refractivity contribution in [1.29, 1.82) is 0 Å². The molecule has 3 rings (SSSR count). The van der Waals surface area contributed by atoms with Gasteiger partial charge in [-0.2, -0.15) is 0 Å². The van der Waals surface area contributed by atoms with Gasteiger partial charge in [0.05, 0.1) is 18.8 Å². The molecule has 1 saturated heterocycles. The molecule has 2 amide bonds. The van der Waals surface area contributed by atoms with Gasteiger partial charge in [0.15, 0.2) is 5.69 Å². The summed E-state index contributed by atoms with van der Waals surface area (Å²) in [5, 5.41) is 10.8. The number of rotatable bonds is 4. The van der Waals surface area contributed by atoms with Gasteiger partial charge in [-0.15, -0.1) is 5.10 Å². The molecule has 24 heavy (non-hydrogen) atoms. The van der Waals surface area contributed by atoms with Crippen LogP contribution in [0.3, 0.4) is 0 Å². The smallest absolute Gasteiger partial charge is 0.410 e. The molecule has 8 heteroatoms. The second-order valence-electron chi connectivity index (χ2n) is 7.54. The van der Waals surface area contributed by atoms with E-state index >= 15 is 0 Å². The summed E-state index contributed by atoms with van der Waals surface area (Å²) in [7, 11) is 0. The number of amides is 2. The van der Waals surface area contributed by atoms with Crippen molar-refractivity contribution in [3.05, 3.63) is 11.9 Å². The normalized spacial score (nSPS) is 21.0. The van der Waals surface area contributed by atoms with E-state index in [0.717, 1.165) is 25.7 Å². The van der Waals surface area contributed by atoms with Gasteiger partial charge >= 0.3 is 6.09 Å². The monoisotopic (exact) mass is 335 g/mol. The molecule has 0 bridgehead atoms. The van der Waals surface area contributed by atoms with E-state index in [1.807, 2.05) is 20.8 Å². The predicted molar refractivity (Wildman–Crippen MR) is 86.5 cm³/mol. The number of nitrogens with zero attached hydrogens (tertiary/aromatic N) is 4. The molecule has 1 aliphatic heterocycles. The molecule has 8 nitrogen and oxygen atoms in total. The van der Waals surface area contributed by atoms with Gasteiger partial charge in [0.2, 0.25) is 0 Å². The minimum Gasteiger partial charge on any atom is -0.444 e. The molecule has 0 unspecified atom stereocenters. The number of ether oxygens (including phenoxy) is 1. The van der Waals surface area contributed by atoms with Crippen LogP contribution < -0.4 is 5.32 Å². The van der Waals surface area contributed by atoms with Crippen LogP contribution in [0.5, 0.6) is 0 Å². The van der Waals surface area contributed by atoms with Crippen molar-refractivity contribution in [2.24, 2.45) is 0 Å². The highest BCUT2D eigenvalue weighted by molar-refractivity contribution is 5.92. The Balaban J connectivity index is 1.59. The highest BCUT2D eigenvalue weighted by atomic mass is 16.6. The standard InChI is InChI=1S/C16H25N5O3/c1-16(2,3)24-15(23)21-8-4-5-12(21)9-20-10-13(18-19-20)14(22)17-11-6-7-11/h10-12H,4-9H2,1-3H3,(H,17,22)/t12-/m1/s1. The van der Waals surface area contributed by atoms with Gasteiger partial charge in [-0.25, -0.2) is 9.48 Å². The van der Waals surface area contributed by atoms with E-state index in [1.54, 1.807) is 15.8 Å². The first kappa shape index (κ1) is 16.7. The topological polar surface area (TPSA) is 89.4 Å². The lowest BCUT2D eigenvalue weighted by molar-refractivity contribution is 0.0211. The largest absolute Gasteiger partial charge is 0.444 e. The lowest BCUT2D eigenvalue weighted by atomic mass is 10.2. The summed E-state index contributed by atoms with van der Waals surface area (Å²) in [6, 6.07) is 0.307. The molecule has 1 saturated carbocycles. The van der Waals surface area contributed by atoms with E-state index in [9.17, 15) is 9.59 Å². The highest BCUT2D eigenvalue weighted by Crippen LogP contribution is 2.22. The van der Waals surface area contributed by atoms with Gasteiger partial charge in [-0.05, 0) is 46.5 Å². The summed E-state index contributed by atoms with van der Waals surface area (Å²) in [6.45, 7) is 6.78. The van der Waals surface area contributed by atoms with Gasteiger partial charge in [0.25, 0.3) is 5.91 Å². The average molecular weight is 335 g/mol. The molecule has 2 heterocycles. The van der Waals surface area contributed by atoms with Crippen molar-refractivity contribution in [2.45, 2.75) is 70.7 Å². The van der Waals surface area contributed by atoms with Crippen LogP contribution in [0.25, 0.3) is 0 Å². The minimum absolute atomic E-state index is 0.0147. The van der Waals surface area contributed by atoms with E-state index in [4.69, 9.17) is 4.74 Å². The first-order chi connectivity index (χ1) is 11.3. The molecule has 1 aliphatic carbocycles. The van der Waals surface area contributed by atoms with E-state index in [-0.39, 0.29) is 18.0 Å². The molecular weight excluding hydrogens is 310 g/mol. The fourth-order valence-corrected chi connectivity index (χ4v) is 2.78. The number of carbonyl (C=O) groups excluding carboxylic acids is 2. The molecule has 2 aliphatic rings. The number of nitrogens with one attached hydrogen (secondary N) is 1. The molecule has 0 aromatic carbocycles. The second-order valence-corrected chi connectivity index (χ2v) is 7.54. The number of likely N-dealkylation sites (tertiary alicyclic amines) is 1. The summed E-state index contributed by atoms with van der Waals surface area (Å²) >= 11 is 0. The fourth-order valence-electron chi connectivity index (χ4n) is 2.78. The van der Waals surface area contributed by atoms with Gasteiger partial charge in [-0.1, -0.05) is 5.21 Å². The van der Waals surface area contributed by atoms with Crippen molar-refractivity contribution < 1.29 is 14.3 Å². The van der Waals surface area contributed by atoms with Crippen LogP contribution in [0.15, 0.2) is 6.20 Å². The Morgan fingerprint density at radius 1 is 1.33 bits per heavy atom. The van der Waals surface area contributed by atoms with Crippen molar-refractivity contribution in [3.63, 3.8) is 0 Å². The molecule has 1 aromatic heterocycles. The number of aromatic nitrogens is 3. The quantitative estimate of drug-likeness (QED) is 0.902. The molecule has 1 aromatic rings. The minimum atomic E-state index is -0.508. The number of carbonyl (C=O) groups is 2.